The zero-order valence-corrected chi connectivity index (χ0v) is 18.7. The van der Waals surface area contributed by atoms with Crippen LogP contribution < -0.4 is 5.02 Å². The number of hydrogen-bond acceptors (Lipinski definition) is 9. The van der Waals surface area contributed by atoms with Gasteiger partial charge < -0.3 is 49.7 Å². The van der Waals surface area contributed by atoms with E-state index in [0.717, 1.165) is 0 Å². The molecule has 13 heteroatoms. The fraction of sp³-hybridized carbons (Fsp3) is 1.00. The van der Waals surface area contributed by atoms with E-state index in [4.69, 9.17) is 45.2 Å². The van der Waals surface area contributed by atoms with Gasteiger partial charge in [-0.15, -0.1) is 0 Å². The minimum atomic E-state index is -2.42. The predicted octanol–water partition coefficient (Wildman–Crippen LogP) is -1.78. The van der Waals surface area contributed by atoms with Crippen LogP contribution in [0, 0.1) is 0 Å². The third-order valence-electron chi connectivity index (χ3n) is 3.94. The van der Waals surface area contributed by atoms with E-state index in [1.165, 1.54) is 82.0 Å². The molecule has 0 aromatic heterocycles. The number of nitrogens with zero attached hydrogens (tertiary/aromatic N) is 1. The molecule has 0 spiro atoms. The maximum atomic E-state index is 8.64. The first-order chi connectivity index (χ1) is 13.4. The molecule has 0 saturated heterocycles. The first-order valence-electron chi connectivity index (χ1n) is 10.4. The van der Waals surface area contributed by atoms with Crippen molar-refractivity contribution in [2.45, 2.75) is 79.1 Å². The molecule has 0 aliphatic rings. The van der Waals surface area contributed by atoms with Gasteiger partial charge in [-0.2, -0.15) is 0 Å². The molecule has 0 atom stereocenters. The molecule has 29 heavy (non-hydrogen) atoms. The van der Waals surface area contributed by atoms with Crippen LogP contribution in [0.1, 0.15) is 79.1 Å². The Morgan fingerprint density at radius 1 is 0.517 bits per heavy atom. The van der Waals surface area contributed by atoms with E-state index in [1.807, 2.05) is 0 Å². The monoisotopic (exact) mass is 427 g/mol. The van der Waals surface area contributed by atoms with E-state index >= 15 is 0 Å². The van der Waals surface area contributed by atoms with E-state index in [9.17, 15) is 0 Å². The fourth-order valence-electron chi connectivity index (χ4n) is 2.64. The Labute approximate surface area is 177 Å². The van der Waals surface area contributed by atoms with Crippen molar-refractivity contribution in [3.05, 3.63) is 0 Å². The molecule has 0 aliphatic heterocycles. The topological polar surface area (TPSA) is 185 Å². The Morgan fingerprint density at radius 2 is 0.655 bits per heavy atom. The summed E-state index contributed by atoms with van der Waals surface area (Å²) in [6.07, 6.45) is 11.1. The van der Waals surface area contributed by atoms with Crippen molar-refractivity contribution in [3.63, 3.8) is 0 Å². The summed E-state index contributed by atoms with van der Waals surface area (Å²) in [7, 11) is -6.75. The fourth-order valence-corrected chi connectivity index (χ4v) is 2.64. The zero-order chi connectivity index (χ0) is 23.7. The minimum Gasteiger partial charge on any atom is -0.832 e. The predicted molar refractivity (Wildman–Crippen MR) is 114 cm³/mol. The third kappa shape index (κ3) is 47.2. The number of quaternary nitrogens is 1. The molecule has 0 rings (SSSR count). The number of unbranched alkanes of at least 4 members (excludes halogenated alkanes) is 4. The van der Waals surface area contributed by atoms with E-state index in [0.29, 0.717) is 0 Å². The molecular formula is C16H44B3NO9. The Bertz CT molecular complexity index is 232. The average Bonchev–Trinajstić information content (AvgIpc) is 2.59. The van der Waals surface area contributed by atoms with Crippen LogP contribution >= 0.6 is 0 Å². The normalized spacial score (nSPS) is 9.83. The molecule has 176 valence electrons. The molecule has 0 aromatic carbocycles. The van der Waals surface area contributed by atoms with Crippen LogP contribution in [0.2, 0.25) is 0 Å². The van der Waals surface area contributed by atoms with Gasteiger partial charge in [0.25, 0.3) is 0 Å². The first-order valence-corrected chi connectivity index (χ1v) is 10.4. The van der Waals surface area contributed by atoms with Gasteiger partial charge in [0.1, 0.15) is 0 Å². The van der Waals surface area contributed by atoms with Gasteiger partial charge in [0.15, 0.2) is 0 Å². The highest BCUT2D eigenvalue weighted by atomic mass is 16.5. The molecule has 10 nitrogen and oxygen atoms in total. The minimum absolute atomic E-state index is 1.35. The standard InChI is InChI=1S/C16H36N.2BH3O3.BH2O3/c1-5-9-13-17(14-10-6-2,15-11-7-3)16-12-8-4;3*2-1(3)4/h5-16H2,1-4H3;2*2-4H;2-3H/q+1;;;-1. The van der Waals surface area contributed by atoms with Gasteiger partial charge in [-0.05, 0) is 25.7 Å². The van der Waals surface area contributed by atoms with Gasteiger partial charge in [0, 0.05) is 0 Å². The van der Waals surface area contributed by atoms with Crippen LogP contribution in [0.3, 0.4) is 0 Å². The summed E-state index contributed by atoms with van der Waals surface area (Å²) in [5.74, 6) is 0. The van der Waals surface area contributed by atoms with Gasteiger partial charge >= 0.3 is 22.0 Å². The van der Waals surface area contributed by atoms with Crippen LogP contribution in [0.15, 0.2) is 0 Å². The largest absolute Gasteiger partial charge is 0.832 e. The zero-order valence-electron chi connectivity index (χ0n) is 18.7. The van der Waals surface area contributed by atoms with Crippen molar-refractivity contribution in [2.24, 2.45) is 0 Å². The van der Waals surface area contributed by atoms with Gasteiger partial charge in [-0.1, -0.05) is 53.4 Å². The van der Waals surface area contributed by atoms with Crippen LogP contribution in [-0.4, -0.2) is 92.8 Å². The summed E-state index contributed by atoms with van der Waals surface area (Å²) >= 11 is 0. The van der Waals surface area contributed by atoms with Gasteiger partial charge in [0.05, 0.1) is 26.2 Å². The molecule has 0 amide bonds. The van der Waals surface area contributed by atoms with Gasteiger partial charge in [-0.3, -0.25) is 0 Å². The second-order valence-electron chi connectivity index (χ2n) is 6.67. The number of hydrogen-bond donors (Lipinski definition) is 8. The summed E-state index contributed by atoms with van der Waals surface area (Å²) in [5, 5.41) is 65.8. The van der Waals surface area contributed by atoms with Crippen molar-refractivity contribution in [1.82, 2.24) is 0 Å². The van der Waals surface area contributed by atoms with Crippen molar-refractivity contribution in [3.8, 4) is 0 Å². The Hall–Kier alpha value is -0.205. The maximum Gasteiger partial charge on any atom is 0.631 e. The van der Waals surface area contributed by atoms with Crippen molar-refractivity contribution >= 4 is 22.0 Å². The van der Waals surface area contributed by atoms with Crippen LogP contribution in [0.25, 0.3) is 0 Å². The highest BCUT2D eigenvalue weighted by Crippen LogP contribution is 2.16. The molecule has 0 bridgehead atoms. The average molecular weight is 427 g/mol. The molecule has 0 saturated carbocycles. The van der Waals surface area contributed by atoms with E-state index in [-0.39, 0.29) is 0 Å². The van der Waals surface area contributed by atoms with Gasteiger partial charge in [-0.25, -0.2) is 0 Å². The molecule has 0 fully saturated rings. The lowest BCUT2D eigenvalue weighted by Crippen LogP contribution is -2.50. The van der Waals surface area contributed by atoms with E-state index in [1.54, 1.807) is 0 Å². The van der Waals surface area contributed by atoms with Crippen LogP contribution in [0.4, 0.5) is 0 Å². The van der Waals surface area contributed by atoms with E-state index in [2.05, 4.69) is 27.7 Å². The molecule has 0 unspecified atom stereocenters. The lowest BCUT2D eigenvalue weighted by atomic mass is 10.1. The molecular weight excluding hydrogens is 383 g/mol. The summed E-state index contributed by atoms with van der Waals surface area (Å²) < 4.78 is 1.42. The molecule has 0 heterocycles. The SMILES string of the molecule is CCCC[N+](CCCC)(CCCC)CCCC.OB(O)O.OB(O)O.[O-]B(O)O. The molecule has 8 N–H and O–H groups in total. The molecule has 0 radical (unpaired) electrons. The Kier molecular flexibility index (Phi) is 34.7. The Morgan fingerprint density at radius 3 is 0.759 bits per heavy atom. The lowest BCUT2D eigenvalue weighted by Gasteiger charge is -2.39. The molecule has 0 aromatic rings. The second kappa shape index (κ2) is 27.8. The quantitative estimate of drug-likeness (QED) is 0.132. The van der Waals surface area contributed by atoms with Crippen molar-refractivity contribution in [1.29, 1.82) is 0 Å². The highest BCUT2D eigenvalue weighted by molar-refractivity contribution is 6.30. The van der Waals surface area contributed by atoms with E-state index < -0.39 is 22.0 Å². The van der Waals surface area contributed by atoms with Crippen molar-refractivity contribution in [2.75, 3.05) is 26.2 Å². The first kappa shape index (κ1) is 36.2. The van der Waals surface area contributed by atoms with Crippen LogP contribution in [-0.2, 0) is 0 Å². The second-order valence-corrected chi connectivity index (χ2v) is 6.67. The summed E-state index contributed by atoms with van der Waals surface area (Å²) in [4.78, 5) is 0. The lowest BCUT2D eigenvalue weighted by molar-refractivity contribution is -0.929. The Balaban J connectivity index is -0.000000212. The smallest absolute Gasteiger partial charge is 0.631 e. The summed E-state index contributed by atoms with van der Waals surface area (Å²) in [6, 6.07) is 0. The summed E-state index contributed by atoms with van der Waals surface area (Å²) in [6.45, 7) is 15.0. The maximum absolute atomic E-state index is 8.64. The number of rotatable bonds is 12. The summed E-state index contributed by atoms with van der Waals surface area (Å²) in [5.41, 5.74) is 0. The van der Waals surface area contributed by atoms with Crippen LogP contribution in [0.5, 0.6) is 0 Å². The van der Waals surface area contributed by atoms with Gasteiger partial charge in [0.2, 0.25) is 0 Å². The van der Waals surface area contributed by atoms with Crippen molar-refractivity contribution < 1.29 is 49.7 Å². The third-order valence-corrected chi connectivity index (χ3v) is 3.94. The highest BCUT2D eigenvalue weighted by Gasteiger charge is 2.24. The molecule has 0 aliphatic carbocycles.